The van der Waals surface area contributed by atoms with Gasteiger partial charge >= 0.3 is 7.60 Å². The highest BCUT2D eigenvalue weighted by Gasteiger charge is 2.31. The molecule has 7 nitrogen and oxygen atoms in total. The molecule has 3 N–H and O–H groups in total. The molecule has 0 fully saturated rings. The molecule has 1 rings (SSSR count). The Morgan fingerprint density at radius 2 is 2.11 bits per heavy atom. The van der Waals surface area contributed by atoms with Crippen molar-refractivity contribution in [3.63, 3.8) is 0 Å². The highest BCUT2D eigenvalue weighted by molar-refractivity contribution is 7.52. The van der Waals surface area contributed by atoms with Crippen LogP contribution in [-0.4, -0.2) is 37.5 Å². The van der Waals surface area contributed by atoms with Crippen LogP contribution in [-0.2, 0) is 9.36 Å². The third-order valence-corrected chi connectivity index (χ3v) is 4.07. The van der Waals surface area contributed by atoms with Gasteiger partial charge in [-0.1, -0.05) is 6.07 Å². The number of hydrogen-bond donors (Lipinski definition) is 3. The minimum Gasteiger partial charge on any atom is -0.324 e. The van der Waals surface area contributed by atoms with Gasteiger partial charge in [0.1, 0.15) is 0 Å². The molecule has 106 valence electrons. The first kappa shape index (κ1) is 15.8. The molecule has 0 aliphatic heterocycles. The second-order valence-corrected chi connectivity index (χ2v) is 6.07. The molecule has 1 aromatic rings. The lowest BCUT2D eigenvalue weighted by Crippen LogP contribution is -2.26. The monoisotopic (exact) mass is 288 g/mol. The number of rotatable bonds is 5. The van der Waals surface area contributed by atoms with Crippen LogP contribution in [0.5, 0.6) is 0 Å². The van der Waals surface area contributed by atoms with Crippen LogP contribution < -0.4 is 0 Å². The molecule has 0 aromatic carbocycles. The Labute approximate surface area is 111 Å². The number of nitrogens with zero attached hydrogens (tertiary/aromatic N) is 2. The number of amides is 1. The van der Waals surface area contributed by atoms with E-state index in [2.05, 4.69) is 4.98 Å². The average molecular weight is 288 g/mol. The lowest BCUT2D eigenvalue weighted by molar-refractivity contribution is -0.162. The topological polar surface area (TPSA) is 111 Å². The van der Waals surface area contributed by atoms with Gasteiger partial charge in [0.05, 0.1) is 5.66 Å². The zero-order valence-corrected chi connectivity index (χ0v) is 11.6. The molecule has 0 aliphatic rings. The van der Waals surface area contributed by atoms with Crippen LogP contribution in [0, 0.1) is 6.92 Å². The van der Waals surface area contributed by atoms with E-state index in [9.17, 15) is 24.4 Å². The summed E-state index contributed by atoms with van der Waals surface area (Å²) in [5.74, 6) is -0.577. The number of aryl methyl sites for hydroxylation is 1. The number of hydroxylamine groups is 2. The quantitative estimate of drug-likeness (QED) is 0.427. The van der Waals surface area contributed by atoms with Gasteiger partial charge in [0, 0.05) is 25.4 Å². The molecule has 1 unspecified atom stereocenters. The molecule has 1 aromatic heterocycles. The summed E-state index contributed by atoms with van der Waals surface area (Å²) in [6.45, 7) is 2.78. The summed E-state index contributed by atoms with van der Waals surface area (Å²) in [7, 11) is -4.39. The Bertz CT molecular complexity index is 484. The van der Waals surface area contributed by atoms with Crippen LogP contribution in [0.25, 0.3) is 0 Å². The van der Waals surface area contributed by atoms with Crippen LogP contribution in [0.1, 0.15) is 30.3 Å². The molecule has 1 amide bonds. The number of aromatic nitrogens is 1. The highest BCUT2D eigenvalue weighted by atomic mass is 31.2. The first-order valence-electron chi connectivity index (χ1n) is 5.66. The number of hydrogen-bond acceptors (Lipinski definition) is 4. The molecule has 1 atom stereocenters. The fourth-order valence-corrected chi connectivity index (χ4v) is 2.60. The SMILES string of the molecule is CC(=O)N(O)CCC(c1ccc(C)nc1)P(=O)(O)O. The van der Waals surface area contributed by atoms with E-state index in [1.54, 1.807) is 19.1 Å². The van der Waals surface area contributed by atoms with Crippen LogP contribution in [0.4, 0.5) is 0 Å². The first-order chi connectivity index (χ1) is 8.71. The average Bonchev–Trinajstić information content (AvgIpc) is 2.29. The van der Waals surface area contributed by atoms with E-state index in [1.807, 2.05) is 0 Å². The molecular weight excluding hydrogens is 271 g/mol. The standard InChI is InChI=1S/C11H17N2O5P/c1-8-3-4-10(7-12-8)11(19(16,17)18)5-6-13(15)9(2)14/h3-4,7,11,15H,5-6H2,1-2H3,(H2,16,17,18). The molecule has 0 saturated heterocycles. The van der Waals surface area contributed by atoms with Crippen LogP contribution in [0.2, 0.25) is 0 Å². The van der Waals surface area contributed by atoms with Gasteiger partial charge < -0.3 is 9.79 Å². The summed E-state index contributed by atoms with van der Waals surface area (Å²) < 4.78 is 11.5. The fourth-order valence-electron chi connectivity index (χ4n) is 1.61. The zero-order chi connectivity index (χ0) is 14.6. The Morgan fingerprint density at radius 1 is 1.47 bits per heavy atom. The van der Waals surface area contributed by atoms with Gasteiger partial charge in [-0.3, -0.25) is 19.6 Å². The van der Waals surface area contributed by atoms with Crippen LogP contribution in [0.15, 0.2) is 18.3 Å². The molecule has 0 radical (unpaired) electrons. The second kappa shape index (κ2) is 6.25. The van der Waals surface area contributed by atoms with Gasteiger partial charge in [-0.2, -0.15) is 0 Å². The minimum atomic E-state index is -4.39. The summed E-state index contributed by atoms with van der Waals surface area (Å²) in [5, 5.41) is 9.68. The van der Waals surface area contributed by atoms with E-state index in [1.165, 1.54) is 13.1 Å². The molecule has 0 saturated carbocycles. The lowest BCUT2D eigenvalue weighted by atomic mass is 10.1. The predicted octanol–water partition coefficient (Wildman–Crippen LogP) is 1.24. The Kier molecular flexibility index (Phi) is 5.20. The summed E-state index contributed by atoms with van der Waals surface area (Å²) in [6.07, 6.45) is 1.35. The minimum absolute atomic E-state index is 0.0505. The third-order valence-electron chi connectivity index (χ3n) is 2.70. The van der Waals surface area contributed by atoms with Crippen molar-refractivity contribution in [3.8, 4) is 0 Å². The molecule has 8 heteroatoms. The van der Waals surface area contributed by atoms with E-state index in [0.717, 1.165) is 5.69 Å². The van der Waals surface area contributed by atoms with Gasteiger partial charge in [-0.15, -0.1) is 0 Å². The maximum Gasteiger partial charge on any atom is 0.333 e. The Hall–Kier alpha value is -1.27. The summed E-state index contributed by atoms with van der Waals surface area (Å²) in [5.41, 5.74) is 0.0335. The van der Waals surface area contributed by atoms with Crippen molar-refractivity contribution in [2.75, 3.05) is 6.54 Å². The van der Waals surface area contributed by atoms with Crippen molar-refractivity contribution < 1.29 is 24.4 Å². The van der Waals surface area contributed by atoms with E-state index >= 15 is 0 Å². The van der Waals surface area contributed by atoms with Crippen LogP contribution in [0.3, 0.4) is 0 Å². The molecule has 1 heterocycles. The van der Waals surface area contributed by atoms with E-state index in [0.29, 0.717) is 10.6 Å². The second-order valence-electron chi connectivity index (χ2n) is 4.27. The van der Waals surface area contributed by atoms with Crippen molar-refractivity contribution in [2.45, 2.75) is 25.9 Å². The molecule has 0 spiro atoms. The normalized spacial score (nSPS) is 13.1. The molecular formula is C11H17N2O5P. The number of carbonyl (C=O) groups is 1. The molecule has 0 bridgehead atoms. The summed E-state index contributed by atoms with van der Waals surface area (Å²) in [4.78, 5) is 33.5. The maximum atomic E-state index is 11.5. The third kappa shape index (κ3) is 4.72. The van der Waals surface area contributed by atoms with Gasteiger partial charge in [0.15, 0.2) is 0 Å². The summed E-state index contributed by atoms with van der Waals surface area (Å²) >= 11 is 0. The molecule has 0 aliphatic carbocycles. The van der Waals surface area contributed by atoms with E-state index in [-0.39, 0.29) is 13.0 Å². The van der Waals surface area contributed by atoms with Crippen molar-refractivity contribution in [2.24, 2.45) is 0 Å². The van der Waals surface area contributed by atoms with Gasteiger partial charge in [0.2, 0.25) is 5.91 Å². The van der Waals surface area contributed by atoms with Crippen molar-refractivity contribution in [1.82, 2.24) is 10.0 Å². The van der Waals surface area contributed by atoms with Crippen molar-refractivity contribution in [3.05, 3.63) is 29.6 Å². The maximum absolute atomic E-state index is 11.5. The molecule has 19 heavy (non-hydrogen) atoms. The van der Waals surface area contributed by atoms with Crippen molar-refractivity contribution >= 4 is 13.5 Å². The number of pyridine rings is 1. The smallest absolute Gasteiger partial charge is 0.324 e. The first-order valence-corrected chi connectivity index (χ1v) is 7.34. The van der Waals surface area contributed by atoms with Gasteiger partial charge in [-0.05, 0) is 25.0 Å². The fraction of sp³-hybridized carbons (Fsp3) is 0.455. The number of carbonyl (C=O) groups excluding carboxylic acids is 1. The van der Waals surface area contributed by atoms with Gasteiger partial charge in [0.25, 0.3) is 0 Å². The predicted molar refractivity (Wildman–Crippen MR) is 67.5 cm³/mol. The summed E-state index contributed by atoms with van der Waals surface area (Å²) in [6, 6.07) is 3.24. The van der Waals surface area contributed by atoms with E-state index in [4.69, 9.17) is 0 Å². The zero-order valence-electron chi connectivity index (χ0n) is 10.7. The van der Waals surface area contributed by atoms with E-state index < -0.39 is 19.2 Å². The van der Waals surface area contributed by atoms with Crippen molar-refractivity contribution in [1.29, 1.82) is 0 Å². The Morgan fingerprint density at radius 3 is 2.53 bits per heavy atom. The van der Waals surface area contributed by atoms with Crippen LogP contribution >= 0.6 is 7.60 Å². The highest BCUT2D eigenvalue weighted by Crippen LogP contribution is 2.53. The Balaban J connectivity index is 2.88. The largest absolute Gasteiger partial charge is 0.333 e. The lowest BCUT2D eigenvalue weighted by Gasteiger charge is -2.21. The van der Waals surface area contributed by atoms with Gasteiger partial charge in [-0.25, -0.2) is 5.06 Å².